The Morgan fingerprint density at radius 1 is 0.500 bits per heavy atom. The van der Waals surface area contributed by atoms with Crippen molar-refractivity contribution in [1.29, 1.82) is 0 Å². The Morgan fingerprint density at radius 2 is 0.875 bits per heavy atom. The van der Waals surface area contributed by atoms with Gasteiger partial charge in [0.25, 0.3) is 0 Å². The number of fused-ring (bicyclic) bond motifs is 2. The Labute approximate surface area is 299 Å². The topological polar surface area (TPSA) is 0 Å². The molecular weight excluding hydrogens is 719 g/mol. The second-order valence-electron chi connectivity index (χ2n) is 14.3. The summed E-state index contributed by atoms with van der Waals surface area (Å²) in [7, 11) is 17.5. The fourth-order valence-corrected chi connectivity index (χ4v) is 41.0. The molecule has 0 amide bonds. The zero-order valence-corrected chi connectivity index (χ0v) is 35.4. The second-order valence-corrected chi connectivity index (χ2v) is 56.8. The van der Waals surface area contributed by atoms with Crippen molar-refractivity contribution in [2.45, 2.75) is 100 Å². The number of allylic oxidation sites excluding steroid dienone is 2. The molecule has 48 heavy (non-hydrogen) atoms. The van der Waals surface area contributed by atoms with Crippen LogP contribution in [0.2, 0.25) is 13.1 Å². The van der Waals surface area contributed by atoms with E-state index in [9.17, 15) is 0 Å². The SMILES string of the molecule is CCC1=Cc2c(ccc(CC)c2-c2ccccc2CC)[CH]1[Zr]([Cl])([Cl])([CH]1C(CC)=Cc2c1ccc(CC)c2-c1ccccc1CC)[SiH](C)C. The standard InChI is InChI=1S/2C21H23.C2H7Si.2ClH.Zr/c2*1-4-15-13-18-12-11-17(6-3)21(20(18)14-15)19-10-8-7-9-16(19)5-2;1-3-2;;;/h2*7-14H,4-6H2,1-3H3;3H,1-2H3;2*1H;/q;;;;;+2/p-2. The van der Waals surface area contributed by atoms with Crippen molar-refractivity contribution < 1.29 is 15.6 Å². The van der Waals surface area contributed by atoms with Crippen LogP contribution in [-0.4, -0.2) is 5.92 Å². The van der Waals surface area contributed by atoms with Crippen LogP contribution < -0.4 is 0 Å². The quantitative estimate of drug-likeness (QED) is 0.133. The third-order valence-electron chi connectivity index (χ3n) is 11.9. The van der Waals surface area contributed by atoms with Gasteiger partial charge in [0.2, 0.25) is 0 Å². The first-order valence-electron chi connectivity index (χ1n) is 18.5. The molecule has 0 nitrogen and oxygen atoms in total. The molecule has 0 radical (unpaired) electrons. The number of hydrogen-bond acceptors (Lipinski definition) is 0. The monoisotopic (exact) mass is 769 g/mol. The van der Waals surface area contributed by atoms with Crippen LogP contribution in [0.15, 0.2) is 83.9 Å². The van der Waals surface area contributed by atoms with Crippen molar-refractivity contribution in [3.8, 4) is 22.3 Å². The summed E-state index contributed by atoms with van der Waals surface area (Å²) in [6.07, 6.45) is 11.0. The Balaban J connectivity index is 1.64. The van der Waals surface area contributed by atoms with Crippen LogP contribution in [0.25, 0.3) is 34.4 Å². The minimum atomic E-state index is -4.85. The third-order valence-corrected chi connectivity index (χ3v) is 63.7. The zero-order valence-electron chi connectivity index (χ0n) is 30.3. The summed E-state index contributed by atoms with van der Waals surface area (Å²) >= 11 is -4.85. The van der Waals surface area contributed by atoms with Crippen LogP contribution in [0.5, 0.6) is 0 Å². The fourth-order valence-electron chi connectivity index (χ4n) is 9.23. The first-order chi connectivity index (χ1) is 23.1. The molecule has 0 aliphatic heterocycles. The summed E-state index contributed by atoms with van der Waals surface area (Å²) in [6, 6.07) is 27.7. The van der Waals surface area contributed by atoms with Gasteiger partial charge in [0.15, 0.2) is 0 Å². The summed E-state index contributed by atoms with van der Waals surface area (Å²) in [5.41, 5.74) is 19.6. The molecule has 4 aromatic rings. The first kappa shape index (κ1) is 35.9. The van der Waals surface area contributed by atoms with E-state index in [2.05, 4.69) is 140 Å². The van der Waals surface area contributed by atoms with Gasteiger partial charge in [-0.1, -0.05) is 0 Å². The summed E-state index contributed by atoms with van der Waals surface area (Å²) in [5.74, 6) is -1.64. The Morgan fingerprint density at radius 3 is 1.21 bits per heavy atom. The van der Waals surface area contributed by atoms with Gasteiger partial charge in [0, 0.05) is 0 Å². The number of hydrogen-bond donors (Lipinski definition) is 0. The van der Waals surface area contributed by atoms with Crippen LogP contribution in [0.1, 0.15) is 106 Å². The molecule has 0 spiro atoms. The molecule has 2 unspecified atom stereocenters. The molecule has 0 heterocycles. The van der Waals surface area contributed by atoms with Gasteiger partial charge in [-0.2, -0.15) is 0 Å². The normalized spacial score (nSPS) is 17.9. The van der Waals surface area contributed by atoms with Gasteiger partial charge in [0.05, 0.1) is 0 Å². The molecule has 0 bridgehead atoms. The molecule has 6 rings (SSSR count). The molecule has 0 saturated carbocycles. The molecule has 0 fully saturated rings. The van der Waals surface area contributed by atoms with E-state index in [4.69, 9.17) is 17.0 Å². The molecule has 0 aromatic heterocycles. The summed E-state index contributed by atoms with van der Waals surface area (Å²) in [6.45, 7) is 18.7. The Hall–Kier alpha value is -1.96. The van der Waals surface area contributed by atoms with Crippen molar-refractivity contribution in [3.63, 3.8) is 0 Å². The van der Waals surface area contributed by atoms with Gasteiger partial charge in [-0.05, 0) is 0 Å². The molecular formula is C44H53Cl2SiZr. The minimum absolute atomic E-state index is 0.114. The molecule has 251 valence electrons. The van der Waals surface area contributed by atoms with E-state index in [0.717, 1.165) is 38.5 Å². The van der Waals surface area contributed by atoms with Gasteiger partial charge in [-0.25, -0.2) is 0 Å². The maximum absolute atomic E-state index is 8.76. The number of rotatable bonds is 11. The van der Waals surface area contributed by atoms with Gasteiger partial charge in [-0.15, -0.1) is 0 Å². The zero-order chi connectivity index (χ0) is 34.4. The van der Waals surface area contributed by atoms with Crippen LogP contribution in [-0.2, 0) is 41.2 Å². The molecule has 2 atom stereocenters. The average Bonchev–Trinajstić information content (AvgIpc) is 3.70. The molecule has 4 aromatic carbocycles. The van der Waals surface area contributed by atoms with Gasteiger partial charge in [0.1, 0.15) is 0 Å². The molecule has 0 N–H and O–H groups in total. The predicted octanol–water partition coefficient (Wildman–Crippen LogP) is 13.6. The number of halogens is 2. The van der Waals surface area contributed by atoms with E-state index in [1.54, 1.807) is 0 Å². The fraction of sp³-hybridized carbons (Fsp3) is 0.364. The predicted molar refractivity (Wildman–Crippen MR) is 214 cm³/mol. The molecule has 2 aliphatic rings. The summed E-state index contributed by atoms with van der Waals surface area (Å²) < 4.78 is 0.228. The van der Waals surface area contributed by atoms with Gasteiger partial charge >= 0.3 is 302 Å². The number of benzene rings is 4. The van der Waals surface area contributed by atoms with E-state index in [1.807, 2.05) is 0 Å². The third kappa shape index (κ3) is 5.48. The summed E-state index contributed by atoms with van der Waals surface area (Å²) in [4.78, 5) is 0. The Bertz CT molecular complexity index is 1800. The molecule has 4 heteroatoms. The van der Waals surface area contributed by atoms with E-state index < -0.39 is 21.5 Å². The Kier molecular flexibility index (Phi) is 10.4. The number of aryl methyl sites for hydroxylation is 4. The van der Waals surface area contributed by atoms with Crippen LogP contribution in [0, 0.1) is 0 Å². The van der Waals surface area contributed by atoms with E-state index in [1.165, 1.54) is 77.9 Å². The van der Waals surface area contributed by atoms with E-state index in [0.29, 0.717) is 0 Å². The van der Waals surface area contributed by atoms with Crippen molar-refractivity contribution in [3.05, 3.63) is 128 Å². The van der Waals surface area contributed by atoms with Crippen LogP contribution in [0.3, 0.4) is 0 Å². The van der Waals surface area contributed by atoms with E-state index in [-0.39, 0.29) is 7.25 Å². The van der Waals surface area contributed by atoms with Crippen molar-refractivity contribution in [2.24, 2.45) is 0 Å². The average molecular weight is 772 g/mol. The van der Waals surface area contributed by atoms with Crippen molar-refractivity contribution in [2.75, 3.05) is 0 Å². The second kappa shape index (κ2) is 14.0. The van der Waals surface area contributed by atoms with Crippen LogP contribution >= 0.6 is 17.0 Å². The van der Waals surface area contributed by atoms with Crippen LogP contribution in [0.4, 0.5) is 0 Å². The first-order valence-corrected chi connectivity index (χ1v) is 34.9. The summed E-state index contributed by atoms with van der Waals surface area (Å²) in [5, 5.41) is 0. The molecule has 0 saturated heterocycles. The van der Waals surface area contributed by atoms with Gasteiger partial charge in [-0.3, -0.25) is 0 Å². The van der Waals surface area contributed by atoms with Crippen molar-refractivity contribution >= 4 is 35.1 Å². The maximum atomic E-state index is 8.76. The van der Waals surface area contributed by atoms with Crippen molar-refractivity contribution in [1.82, 2.24) is 0 Å². The van der Waals surface area contributed by atoms with Gasteiger partial charge < -0.3 is 0 Å². The van der Waals surface area contributed by atoms with E-state index >= 15 is 0 Å². The molecule has 2 aliphatic carbocycles.